The Morgan fingerprint density at radius 2 is 1.72 bits per heavy atom. The van der Waals surface area contributed by atoms with Crippen LogP contribution in [0.2, 0.25) is 10.0 Å². The second kappa shape index (κ2) is 11.1. The molecule has 0 saturated heterocycles. The van der Waals surface area contributed by atoms with Gasteiger partial charge in [0.05, 0.1) is 17.3 Å². The molecule has 0 aromatic heterocycles. The molecular weight excluding hydrogens is 481 g/mol. The van der Waals surface area contributed by atoms with Crippen LogP contribution in [0.5, 0.6) is 0 Å². The Morgan fingerprint density at radius 1 is 1.03 bits per heavy atom. The van der Waals surface area contributed by atoms with Gasteiger partial charge in [0, 0.05) is 23.7 Å². The van der Waals surface area contributed by atoms with Crippen LogP contribution in [-0.4, -0.2) is 41.9 Å². The molecule has 0 aliphatic rings. The molecular formula is C19H17Cl5N2O3. The summed E-state index contributed by atoms with van der Waals surface area (Å²) in [6.45, 7) is 0.0693. The van der Waals surface area contributed by atoms with Gasteiger partial charge in [0.2, 0.25) is 3.79 Å². The van der Waals surface area contributed by atoms with Gasteiger partial charge in [-0.2, -0.15) is 0 Å². The first-order valence-electron chi connectivity index (χ1n) is 8.41. The number of rotatable bonds is 8. The van der Waals surface area contributed by atoms with E-state index in [0.717, 1.165) is 0 Å². The summed E-state index contributed by atoms with van der Waals surface area (Å²) in [4.78, 5) is 26.1. The van der Waals surface area contributed by atoms with E-state index in [1.54, 1.807) is 47.4 Å². The van der Waals surface area contributed by atoms with Crippen LogP contribution in [0, 0.1) is 0 Å². The molecule has 29 heavy (non-hydrogen) atoms. The molecule has 0 fully saturated rings. The molecule has 2 rings (SSSR count). The van der Waals surface area contributed by atoms with E-state index in [4.69, 9.17) is 62.7 Å². The van der Waals surface area contributed by atoms with E-state index < -0.39 is 9.89 Å². The lowest BCUT2D eigenvalue weighted by molar-refractivity contribution is 0.0999. The summed E-state index contributed by atoms with van der Waals surface area (Å²) in [5, 5.41) is 3.43. The number of benzene rings is 2. The number of hydrogen-bond acceptors (Lipinski definition) is 4. The number of nitrogens with zero attached hydrogens (tertiary/aromatic N) is 1. The van der Waals surface area contributed by atoms with Crippen molar-refractivity contribution in [3.63, 3.8) is 0 Å². The molecule has 10 heteroatoms. The van der Waals surface area contributed by atoms with E-state index in [1.807, 2.05) is 6.07 Å². The highest BCUT2D eigenvalue weighted by Crippen LogP contribution is 2.29. The first kappa shape index (κ1) is 23.9. The normalized spacial score (nSPS) is 11.1. The van der Waals surface area contributed by atoms with Crippen LogP contribution in [0.15, 0.2) is 48.5 Å². The average Bonchev–Trinajstić information content (AvgIpc) is 2.67. The predicted octanol–water partition coefficient (Wildman–Crippen LogP) is 5.78. The Balaban J connectivity index is 2.06. The van der Waals surface area contributed by atoms with Crippen molar-refractivity contribution < 1.29 is 14.3 Å². The van der Waals surface area contributed by atoms with Gasteiger partial charge >= 0.3 is 6.09 Å². The fourth-order valence-electron chi connectivity index (χ4n) is 2.39. The van der Waals surface area contributed by atoms with Gasteiger partial charge in [0.1, 0.15) is 6.61 Å². The second-order valence-electron chi connectivity index (χ2n) is 5.92. The number of ketones is 1. The molecule has 156 valence electrons. The third-order valence-electron chi connectivity index (χ3n) is 3.70. The first-order chi connectivity index (χ1) is 13.7. The highest BCUT2D eigenvalue weighted by molar-refractivity contribution is 6.67. The number of carbonyl (C=O) groups is 2. The topological polar surface area (TPSA) is 58.6 Å². The van der Waals surface area contributed by atoms with Gasteiger partial charge in [-0.25, -0.2) is 4.79 Å². The van der Waals surface area contributed by atoms with E-state index in [-0.39, 0.29) is 32.0 Å². The molecule has 0 atom stereocenters. The molecule has 0 unspecified atom stereocenters. The minimum absolute atomic E-state index is 0.0367. The smallest absolute Gasteiger partial charge is 0.407 e. The van der Waals surface area contributed by atoms with Crippen LogP contribution in [-0.2, 0) is 4.74 Å². The van der Waals surface area contributed by atoms with Gasteiger partial charge in [-0.1, -0.05) is 88.3 Å². The van der Waals surface area contributed by atoms with Crippen LogP contribution in [0.4, 0.5) is 10.5 Å². The van der Waals surface area contributed by atoms with Crippen LogP contribution >= 0.6 is 58.0 Å². The molecule has 2 aromatic rings. The lowest BCUT2D eigenvalue weighted by Gasteiger charge is -2.25. The number of hydrogen-bond donors (Lipinski definition) is 1. The molecule has 5 nitrogen and oxygen atoms in total. The van der Waals surface area contributed by atoms with Gasteiger partial charge < -0.3 is 15.0 Å². The highest BCUT2D eigenvalue weighted by atomic mass is 35.6. The van der Waals surface area contributed by atoms with Crippen molar-refractivity contribution >= 4 is 75.6 Å². The van der Waals surface area contributed by atoms with Crippen molar-refractivity contribution in [1.82, 2.24) is 5.32 Å². The van der Waals surface area contributed by atoms with Crippen molar-refractivity contribution in [3.05, 3.63) is 64.1 Å². The fourth-order valence-corrected chi connectivity index (χ4v) is 2.96. The van der Waals surface area contributed by atoms with E-state index >= 15 is 0 Å². The summed E-state index contributed by atoms with van der Waals surface area (Å²) in [5.41, 5.74) is 1.13. The van der Waals surface area contributed by atoms with Crippen molar-refractivity contribution in [2.45, 2.75) is 3.79 Å². The number of amides is 1. The summed E-state index contributed by atoms with van der Waals surface area (Å²) in [5.74, 6) is -0.111. The zero-order valence-corrected chi connectivity index (χ0v) is 18.8. The van der Waals surface area contributed by atoms with E-state index in [1.165, 1.54) is 0 Å². The third-order valence-corrected chi connectivity index (χ3v) is 4.58. The molecule has 0 aliphatic heterocycles. The predicted molar refractivity (Wildman–Crippen MR) is 119 cm³/mol. The maximum absolute atomic E-state index is 12.7. The third kappa shape index (κ3) is 8.49. The molecule has 0 saturated carbocycles. The summed E-state index contributed by atoms with van der Waals surface area (Å²) in [7, 11) is 0. The molecule has 2 aromatic carbocycles. The van der Waals surface area contributed by atoms with Crippen LogP contribution in [0.25, 0.3) is 0 Å². The second-order valence-corrected chi connectivity index (χ2v) is 9.28. The Bertz CT molecular complexity index is 843. The van der Waals surface area contributed by atoms with E-state index in [9.17, 15) is 9.59 Å². The Kier molecular flexibility index (Phi) is 9.18. The standard InChI is InChI=1S/C19H17Cl5N2O3/c20-14-6-7-15(21)16(10-14)26(11-17(27)13-4-2-1-3-5-13)9-8-25-18(28)29-12-19(22,23)24/h1-7,10H,8-9,11-12H2,(H,25,28). The fraction of sp³-hybridized carbons (Fsp3) is 0.263. The molecule has 1 amide bonds. The quantitative estimate of drug-likeness (QED) is 0.370. The van der Waals surface area contributed by atoms with Gasteiger partial charge in [-0.05, 0) is 18.2 Å². The molecule has 0 bridgehead atoms. The van der Waals surface area contributed by atoms with E-state index in [2.05, 4.69) is 5.32 Å². The molecule has 0 radical (unpaired) electrons. The molecule has 1 N–H and O–H groups in total. The summed E-state index contributed by atoms with van der Waals surface area (Å²) in [6, 6.07) is 13.8. The van der Waals surface area contributed by atoms with Crippen molar-refractivity contribution in [2.24, 2.45) is 0 Å². The van der Waals surface area contributed by atoms with Gasteiger partial charge in [0.25, 0.3) is 0 Å². The average molecular weight is 499 g/mol. The van der Waals surface area contributed by atoms with Crippen molar-refractivity contribution in [2.75, 3.05) is 31.1 Å². The largest absolute Gasteiger partial charge is 0.445 e. The monoisotopic (exact) mass is 496 g/mol. The lowest BCUT2D eigenvalue weighted by Crippen LogP contribution is -2.38. The number of ether oxygens (including phenoxy) is 1. The van der Waals surface area contributed by atoms with Gasteiger partial charge in [0.15, 0.2) is 5.78 Å². The minimum atomic E-state index is -1.69. The number of anilines is 1. The number of nitrogens with one attached hydrogen (secondary N) is 1. The van der Waals surface area contributed by atoms with Crippen LogP contribution in [0.1, 0.15) is 10.4 Å². The number of carbonyl (C=O) groups excluding carboxylic acids is 2. The Hall–Kier alpha value is -1.37. The zero-order valence-electron chi connectivity index (χ0n) is 15.0. The molecule has 0 heterocycles. The summed E-state index contributed by atoms with van der Waals surface area (Å²) in [6.07, 6.45) is -0.747. The summed E-state index contributed by atoms with van der Waals surface area (Å²) >= 11 is 29.0. The van der Waals surface area contributed by atoms with Crippen LogP contribution < -0.4 is 10.2 Å². The van der Waals surface area contributed by atoms with Gasteiger partial charge in [-0.3, -0.25) is 4.79 Å². The van der Waals surface area contributed by atoms with Crippen LogP contribution in [0.3, 0.4) is 0 Å². The number of alkyl carbamates (subject to hydrolysis) is 1. The number of halogens is 5. The Labute approximate surface area is 193 Å². The lowest BCUT2D eigenvalue weighted by atomic mass is 10.1. The number of alkyl halides is 3. The first-order valence-corrected chi connectivity index (χ1v) is 10.3. The van der Waals surface area contributed by atoms with Crippen molar-refractivity contribution in [1.29, 1.82) is 0 Å². The molecule has 0 spiro atoms. The number of Topliss-reactive ketones (excluding diaryl/α,β-unsaturated/α-hetero) is 1. The minimum Gasteiger partial charge on any atom is -0.445 e. The zero-order chi connectivity index (χ0) is 21.4. The van der Waals surface area contributed by atoms with Crippen molar-refractivity contribution in [3.8, 4) is 0 Å². The maximum atomic E-state index is 12.7. The Morgan fingerprint density at radius 3 is 2.38 bits per heavy atom. The SMILES string of the molecule is O=C(NCCN(CC(=O)c1ccccc1)c1cc(Cl)ccc1Cl)OCC(Cl)(Cl)Cl. The maximum Gasteiger partial charge on any atom is 0.407 e. The summed E-state index contributed by atoms with van der Waals surface area (Å²) < 4.78 is 3.11. The highest BCUT2D eigenvalue weighted by Gasteiger charge is 2.22. The van der Waals surface area contributed by atoms with E-state index in [0.29, 0.717) is 21.3 Å². The van der Waals surface area contributed by atoms with Gasteiger partial charge in [-0.15, -0.1) is 0 Å². The molecule has 0 aliphatic carbocycles.